The number of hydrogen-bond acceptors (Lipinski definition) is 9. The van der Waals surface area contributed by atoms with Gasteiger partial charge < -0.3 is 24.1 Å². The number of methoxy groups -OCH3 is 1. The second kappa shape index (κ2) is 15.4. The summed E-state index contributed by atoms with van der Waals surface area (Å²) < 4.78 is 75.5. The van der Waals surface area contributed by atoms with Crippen LogP contribution >= 0.6 is 0 Å². The van der Waals surface area contributed by atoms with E-state index in [1.165, 1.54) is 72.8 Å². The quantitative estimate of drug-likeness (QED) is 0.129. The van der Waals surface area contributed by atoms with Gasteiger partial charge in [0.05, 0.1) is 26.7 Å². The summed E-state index contributed by atoms with van der Waals surface area (Å²) in [5.74, 6) is 2.74. The SMILES string of the molecule is COc1ccc(-c2ccc(Oc3ccc(S(=O)(=O)c4ccc(Oc5ccc(Oc6ccc(S(=O)(=O)c7ccc(C)cc7)cc6)c(O)c5)cc4)cc3)cc2)cc1. The second-order valence-corrected chi connectivity index (χ2v) is 16.3. The average Bonchev–Trinajstić information content (AvgIpc) is 3.20. The summed E-state index contributed by atoms with van der Waals surface area (Å²) in [7, 11) is -5.91. The first-order valence-corrected chi connectivity index (χ1v) is 19.9. The van der Waals surface area contributed by atoms with Gasteiger partial charge in [-0.05, 0) is 139 Å². The van der Waals surface area contributed by atoms with E-state index in [1.807, 2.05) is 55.5 Å². The smallest absolute Gasteiger partial charge is 0.206 e. The topological polar surface area (TPSA) is 125 Å². The molecular formula is C44H34O9S2. The molecule has 0 bridgehead atoms. The minimum absolute atomic E-state index is 0.0759. The van der Waals surface area contributed by atoms with E-state index in [0.29, 0.717) is 23.0 Å². The first-order chi connectivity index (χ1) is 26.5. The Bertz CT molecular complexity index is 2640. The molecule has 7 aromatic rings. The van der Waals surface area contributed by atoms with Gasteiger partial charge in [0, 0.05) is 6.07 Å². The Hall–Kier alpha value is -6.56. The lowest BCUT2D eigenvalue weighted by atomic mass is 10.1. The van der Waals surface area contributed by atoms with Crippen molar-refractivity contribution >= 4 is 19.7 Å². The molecule has 0 aliphatic carbocycles. The fourth-order valence-electron chi connectivity index (χ4n) is 5.60. The molecule has 9 nitrogen and oxygen atoms in total. The second-order valence-electron chi connectivity index (χ2n) is 12.4. The number of ether oxygens (including phenoxy) is 4. The monoisotopic (exact) mass is 770 g/mol. The van der Waals surface area contributed by atoms with E-state index < -0.39 is 19.7 Å². The predicted molar refractivity (Wildman–Crippen MR) is 208 cm³/mol. The van der Waals surface area contributed by atoms with Gasteiger partial charge in [-0.15, -0.1) is 0 Å². The molecule has 0 aliphatic rings. The molecule has 7 rings (SSSR count). The number of aromatic hydroxyl groups is 1. The summed E-state index contributed by atoms with van der Waals surface area (Å²) in [6, 6.07) is 44.4. The Morgan fingerprint density at radius 2 is 0.727 bits per heavy atom. The number of benzene rings is 7. The summed E-state index contributed by atoms with van der Waals surface area (Å²) in [5, 5.41) is 10.6. The highest BCUT2D eigenvalue weighted by molar-refractivity contribution is 7.91. The van der Waals surface area contributed by atoms with Crippen LogP contribution in [-0.2, 0) is 19.7 Å². The summed E-state index contributed by atoms with van der Waals surface area (Å²) in [6.07, 6.45) is 0. The molecule has 0 atom stereocenters. The summed E-state index contributed by atoms with van der Waals surface area (Å²) in [6.45, 7) is 1.88. The first kappa shape index (κ1) is 36.8. The molecule has 0 saturated carbocycles. The Morgan fingerprint density at radius 1 is 0.400 bits per heavy atom. The number of sulfone groups is 2. The summed E-state index contributed by atoms with van der Waals surface area (Å²) in [5.41, 5.74) is 3.01. The lowest BCUT2D eigenvalue weighted by Gasteiger charge is -2.12. The van der Waals surface area contributed by atoms with Crippen molar-refractivity contribution in [2.45, 2.75) is 26.5 Å². The third kappa shape index (κ3) is 8.33. The highest BCUT2D eigenvalue weighted by Gasteiger charge is 2.19. The van der Waals surface area contributed by atoms with E-state index in [-0.39, 0.29) is 36.8 Å². The van der Waals surface area contributed by atoms with Crippen LogP contribution in [0.1, 0.15) is 5.56 Å². The number of phenolic OH excluding ortho intramolecular Hbond substituents is 1. The van der Waals surface area contributed by atoms with Gasteiger partial charge in [-0.1, -0.05) is 42.0 Å². The van der Waals surface area contributed by atoms with Gasteiger partial charge in [0.15, 0.2) is 11.5 Å². The highest BCUT2D eigenvalue weighted by Crippen LogP contribution is 2.37. The van der Waals surface area contributed by atoms with Gasteiger partial charge in [-0.3, -0.25) is 0 Å². The number of hydrogen-bond donors (Lipinski definition) is 1. The largest absolute Gasteiger partial charge is 0.504 e. The van der Waals surface area contributed by atoms with Gasteiger partial charge in [0.2, 0.25) is 19.7 Å². The molecule has 0 heterocycles. The van der Waals surface area contributed by atoms with Crippen molar-refractivity contribution in [1.82, 2.24) is 0 Å². The maximum Gasteiger partial charge on any atom is 0.206 e. The molecule has 1 N–H and O–H groups in total. The molecule has 55 heavy (non-hydrogen) atoms. The standard InChI is InChI=1S/C44H34O9S2/c1-30-3-20-39(21-4-30)54(46,47)42-26-17-37(18-27-42)53-44-28-19-38(29-43(44)45)52-36-15-24-41(25-16-36)55(48,49)40-22-13-35(14-23-40)51-34-11-7-32(8-12-34)31-5-9-33(50-2)10-6-31/h3-29,45H,1-2H3. The lowest BCUT2D eigenvalue weighted by Crippen LogP contribution is -2.02. The zero-order valence-corrected chi connectivity index (χ0v) is 31.3. The first-order valence-electron chi connectivity index (χ1n) is 17.0. The van der Waals surface area contributed by atoms with Crippen LogP contribution in [0.25, 0.3) is 11.1 Å². The molecule has 0 aromatic heterocycles. The maximum absolute atomic E-state index is 13.4. The molecule has 0 amide bonds. The van der Waals surface area contributed by atoms with E-state index >= 15 is 0 Å². The molecule has 7 aromatic carbocycles. The molecule has 0 fully saturated rings. The van der Waals surface area contributed by atoms with E-state index in [2.05, 4.69) is 0 Å². The van der Waals surface area contributed by atoms with E-state index in [1.54, 1.807) is 49.6 Å². The van der Waals surface area contributed by atoms with Crippen LogP contribution < -0.4 is 18.9 Å². The van der Waals surface area contributed by atoms with Crippen molar-refractivity contribution in [3.05, 3.63) is 169 Å². The van der Waals surface area contributed by atoms with Crippen LogP contribution in [0.15, 0.2) is 183 Å². The molecular weight excluding hydrogens is 737 g/mol. The van der Waals surface area contributed by atoms with E-state index in [9.17, 15) is 21.9 Å². The molecule has 0 aliphatic heterocycles. The van der Waals surface area contributed by atoms with Crippen molar-refractivity contribution in [2.24, 2.45) is 0 Å². The van der Waals surface area contributed by atoms with Crippen molar-refractivity contribution in [3.63, 3.8) is 0 Å². The van der Waals surface area contributed by atoms with Crippen molar-refractivity contribution in [3.8, 4) is 57.1 Å². The summed E-state index contributed by atoms with van der Waals surface area (Å²) >= 11 is 0. The Morgan fingerprint density at radius 3 is 1.13 bits per heavy atom. The molecule has 0 radical (unpaired) electrons. The fraction of sp³-hybridized carbons (Fsp3) is 0.0455. The summed E-state index contributed by atoms with van der Waals surface area (Å²) in [4.78, 5) is 0.485. The Balaban J connectivity index is 0.954. The van der Waals surface area contributed by atoms with Crippen LogP contribution in [-0.4, -0.2) is 29.1 Å². The highest BCUT2D eigenvalue weighted by atomic mass is 32.2. The van der Waals surface area contributed by atoms with Crippen LogP contribution in [0.2, 0.25) is 0 Å². The lowest BCUT2D eigenvalue weighted by molar-refractivity contribution is 0.404. The minimum atomic E-state index is -3.84. The molecule has 276 valence electrons. The minimum Gasteiger partial charge on any atom is -0.504 e. The third-order valence-electron chi connectivity index (χ3n) is 8.64. The van der Waals surface area contributed by atoms with Gasteiger partial charge >= 0.3 is 0 Å². The molecule has 0 saturated heterocycles. The number of aryl methyl sites for hydroxylation is 1. The average molecular weight is 771 g/mol. The normalized spacial score (nSPS) is 11.5. The molecule has 11 heteroatoms. The fourth-order valence-corrected chi connectivity index (χ4v) is 8.12. The number of phenols is 1. The van der Waals surface area contributed by atoms with Crippen LogP contribution in [0.5, 0.6) is 46.0 Å². The molecule has 0 spiro atoms. The van der Waals surface area contributed by atoms with Crippen molar-refractivity contribution < 1.29 is 40.9 Å². The third-order valence-corrected chi connectivity index (χ3v) is 12.2. The Kier molecular flexibility index (Phi) is 10.3. The van der Waals surface area contributed by atoms with Gasteiger partial charge in [0.25, 0.3) is 0 Å². The van der Waals surface area contributed by atoms with Gasteiger partial charge in [-0.2, -0.15) is 0 Å². The van der Waals surface area contributed by atoms with Gasteiger partial charge in [0.1, 0.15) is 34.5 Å². The zero-order chi connectivity index (χ0) is 38.6. The number of rotatable bonds is 12. The Labute approximate surface area is 319 Å². The van der Waals surface area contributed by atoms with E-state index in [0.717, 1.165) is 22.4 Å². The van der Waals surface area contributed by atoms with Crippen molar-refractivity contribution in [2.75, 3.05) is 7.11 Å². The molecule has 0 unspecified atom stereocenters. The van der Waals surface area contributed by atoms with Crippen LogP contribution in [0.4, 0.5) is 0 Å². The van der Waals surface area contributed by atoms with Crippen molar-refractivity contribution in [1.29, 1.82) is 0 Å². The zero-order valence-electron chi connectivity index (χ0n) is 29.6. The van der Waals surface area contributed by atoms with Crippen LogP contribution in [0, 0.1) is 6.92 Å². The van der Waals surface area contributed by atoms with Crippen LogP contribution in [0.3, 0.4) is 0 Å². The van der Waals surface area contributed by atoms with Gasteiger partial charge in [-0.25, -0.2) is 16.8 Å². The predicted octanol–water partition coefficient (Wildman–Crippen LogP) is 10.4. The maximum atomic E-state index is 13.4. The van der Waals surface area contributed by atoms with E-state index in [4.69, 9.17) is 18.9 Å².